The summed E-state index contributed by atoms with van der Waals surface area (Å²) < 4.78 is 0. The summed E-state index contributed by atoms with van der Waals surface area (Å²) in [6.07, 6.45) is -1.36. The van der Waals surface area contributed by atoms with Crippen molar-refractivity contribution in [2.45, 2.75) is 6.17 Å². The first-order valence-corrected chi connectivity index (χ1v) is 9.72. The van der Waals surface area contributed by atoms with Gasteiger partial charge in [-0.2, -0.15) is 0 Å². The van der Waals surface area contributed by atoms with Crippen molar-refractivity contribution < 1.29 is 14.5 Å². The zero-order chi connectivity index (χ0) is 22.8. The number of benzene rings is 3. The molecule has 3 amide bonds. The lowest BCUT2D eigenvalue weighted by Crippen LogP contribution is -2.51. The molecule has 0 saturated heterocycles. The summed E-state index contributed by atoms with van der Waals surface area (Å²) in [5, 5.41) is 11.2. The normalized spacial score (nSPS) is 15.4. The Morgan fingerprint density at radius 1 is 1.06 bits per heavy atom. The van der Waals surface area contributed by atoms with E-state index >= 15 is 0 Å². The van der Waals surface area contributed by atoms with Crippen molar-refractivity contribution in [3.63, 3.8) is 0 Å². The molecular formula is C23H19N5O4. The molecule has 0 radical (unpaired) electrons. The van der Waals surface area contributed by atoms with Gasteiger partial charge in [0.25, 0.3) is 11.6 Å². The lowest BCUT2D eigenvalue weighted by atomic mass is 10.0. The predicted octanol–water partition coefficient (Wildman–Crippen LogP) is 3.32. The highest BCUT2D eigenvalue weighted by Gasteiger charge is 2.36. The number of fused-ring (bicyclic) bond motifs is 1. The van der Waals surface area contributed by atoms with Gasteiger partial charge in [-0.05, 0) is 12.1 Å². The second-order valence-electron chi connectivity index (χ2n) is 7.12. The van der Waals surface area contributed by atoms with Gasteiger partial charge in [-0.1, -0.05) is 54.6 Å². The molecule has 9 heteroatoms. The zero-order valence-corrected chi connectivity index (χ0v) is 17.1. The second kappa shape index (κ2) is 8.31. The van der Waals surface area contributed by atoms with Gasteiger partial charge in [0.1, 0.15) is 0 Å². The Kier molecular flexibility index (Phi) is 5.38. The van der Waals surface area contributed by atoms with Crippen LogP contribution in [0.15, 0.2) is 83.9 Å². The van der Waals surface area contributed by atoms with Crippen LogP contribution in [-0.4, -0.2) is 35.8 Å². The number of urea groups is 1. The molecule has 3 aromatic carbocycles. The fourth-order valence-electron chi connectivity index (χ4n) is 3.64. The largest absolute Gasteiger partial charge is 0.351 e. The van der Waals surface area contributed by atoms with E-state index < -0.39 is 23.0 Å². The molecule has 0 fully saturated rings. The number of aliphatic imine (C=N–C) groups is 1. The van der Waals surface area contributed by atoms with Crippen LogP contribution >= 0.6 is 0 Å². The fourth-order valence-corrected chi connectivity index (χ4v) is 3.64. The van der Waals surface area contributed by atoms with Crippen molar-refractivity contribution in [1.82, 2.24) is 0 Å². The number of benzodiazepines with no additional fused rings is 1. The summed E-state index contributed by atoms with van der Waals surface area (Å²) in [6, 6.07) is 20.9. The van der Waals surface area contributed by atoms with E-state index in [0.29, 0.717) is 17.0 Å². The van der Waals surface area contributed by atoms with Crippen LogP contribution in [0.2, 0.25) is 0 Å². The molecule has 1 atom stereocenters. The molecular weight excluding hydrogens is 410 g/mol. The van der Waals surface area contributed by atoms with Gasteiger partial charge in [0, 0.05) is 30.3 Å². The fraction of sp³-hybridized carbons (Fsp3) is 0.0870. The van der Waals surface area contributed by atoms with E-state index in [-0.39, 0.29) is 11.4 Å². The van der Waals surface area contributed by atoms with Crippen LogP contribution in [0.1, 0.15) is 11.1 Å². The number of primary amides is 1. The van der Waals surface area contributed by atoms with Gasteiger partial charge in [0.2, 0.25) is 6.17 Å². The lowest BCUT2D eigenvalue weighted by molar-refractivity contribution is -0.384. The molecule has 2 N–H and O–H groups in total. The van der Waals surface area contributed by atoms with Crippen LogP contribution in [-0.2, 0) is 4.79 Å². The molecule has 160 valence electrons. The molecule has 0 saturated carbocycles. The third-order valence-corrected chi connectivity index (χ3v) is 5.17. The number of likely N-dealkylation sites (N-methyl/N-ethyl adjacent to an activating group) is 1. The van der Waals surface area contributed by atoms with E-state index in [2.05, 4.69) is 4.99 Å². The van der Waals surface area contributed by atoms with E-state index in [0.717, 1.165) is 10.5 Å². The Morgan fingerprint density at radius 3 is 2.44 bits per heavy atom. The Labute approximate surface area is 183 Å². The summed E-state index contributed by atoms with van der Waals surface area (Å²) in [7, 11) is 1.59. The molecule has 9 nitrogen and oxygen atoms in total. The smallest absolute Gasteiger partial charge is 0.321 e. The summed E-state index contributed by atoms with van der Waals surface area (Å²) >= 11 is 0. The number of nitro groups is 1. The number of para-hydroxylation sites is 1. The summed E-state index contributed by atoms with van der Waals surface area (Å²) in [5.74, 6) is -0.506. The van der Waals surface area contributed by atoms with Crippen LogP contribution in [0.25, 0.3) is 0 Å². The van der Waals surface area contributed by atoms with Gasteiger partial charge >= 0.3 is 6.03 Å². The number of amides is 3. The molecule has 3 aromatic rings. The minimum absolute atomic E-state index is 0.0977. The third-order valence-electron chi connectivity index (χ3n) is 5.17. The summed E-state index contributed by atoms with van der Waals surface area (Å²) in [4.78, 5) is 43.7. The van der Waals surface area contributed by atoms with Gasteiger partial charge < -0.3 is 10.6 Å². The number of carbonyl (C=O) groups excluding carboxylic acids is 2. The van der Waals surface area contributed by atoms with Gasteiger partial charge in [-0.25, -0.2) is 9.79 Å². The SMILES string of the molecule is CN1C(=O)C(N(C(N)=O)c2cccc([N+](=O)[O-])c2)N=C(c2ccccc2)c2ccccc21. The Hall–Kier alpha value is -4.53. The minimum Gasteiger partial charge on any atom is -0.351 e. The standard InChI is InChI=1S/C23H19N5O4/c1-26-19-13-6-5-12-18(19)20(15-8-3-2-4-9-15)25-21(22(26)29)27(23(24)30)16-10-7-11-17(14-16)28(31)32/h2-14,21H,1H3,(H2,24,30). The van der Waals surface area contributed by atoms with Crippen LogP contribution in [0.3, 0.4) is 0 Å². The maximum atomic E-state index is 13.5. The first kappa shape index (κ1) is 20.7. The molecule has 0 aliphatic carbocycles. The van der Waals surface area contributed by atoms with E-state index in [9.17, 15) is 19.7 Å². The maximum absolute atomic E-state index is 13.5. The summed E-state index contributed by atoms with van der Waals surface area (Å²) in [6.45, 7) is 0. The van der Waals surface area contributed by atoms with Crippen molar-refractivity contribution in [3.05, 3.63) is 100 Å². The molecule has 1 aliphatic heterocycles. The Morgan fingerprint density at radius 2 is 1.75 bits per heavy atom. The molecule has 1 aliphatic rings. The van der Waals surface area contributed by atoms with Gasteiger partial charge in [0.05, 0.1) is 22.0 Å². The summed E-state index contributed by atoms with van der Waals surface area (Å²) in [5.41, 5.74) is 8.08. The molecule has 32 heavy (non-hydrogen) atoms. The van der Waals surface area contributed by atoms with Gasteiger partial charge in [-0.3, -0.25) is 19.8 Å². The van der Waals surface area contributed by atoms with E-state index in [1.165, 1.54) is 29.2 Å². The highest BCUT2D eigenvalue weighted by atomic mass is 16.6. The number of anilines is 2. The van der Waals surface area contributed by atoms with Crippen molar-refractivity contribution in [2.75, 3.05) is 16.8 Å². The van der Waals surface area contributed by atoms with Crippen molar-refractivity contribution >= 4 is 34.7 Å². The van der Waals surface area contributed by atoms with Crippen LogP contribution in [0.5, 0.6) is 0 Å². The number of nitrogens with two attached hydrogens (primary N) is 1. The monoisotopic (exact) mass is 429 g/mol. The number of carbonyl (C=O) groups is 2. The molecule has 0 aromatic heterocycles. The van der Waals surface area contributed by atoms with Crippen LogP contribution in [0, 0.1) is 10.1 Å². The molecule has 1 heterocycles. The lowest BCUT2D eigenvalue weighted by Gasteiger charge is -2.28. The first-order valence-electron chi connectivity index (χ1n) is 9.72. The van der Waals surface area contributed by atoms with E-state index in [1.807, 2.05) is 42.5 Å². The third kappa shape index (κ3) is 3.67. The van der Waals surface area contributed by atoms with Crippen LogP contribution in [0.4, 0.5) is 21.9 Å². The highest BCUT2D eigenvalue weighted by molar-refractivity contribution is 6.21. The number of hydrogen-bond acceptors (Lipinski definition) is 5. The quantitative estimate of drug-likeness (QED) is 0.505. The Bertz CT molecular complexity index is 1240. The maximum Gasteiger partial charge on any atom is 0.321 e. The van der Waals surface area contributed by atoms with Crippen molar-refractivity contribution in [1.29, 1.82) is 0 Å². The van der Waals surface area contributed by atoms with Gasteiger partial charge in [-0.15, -0.1) is 0 Å². The number of nitrogens with zero attached hydrogens (tertiary/aromatic N) is 4. The molecule has 0 bridgehead atoms. The average Bonchev–Trinajstić information content (AvgIpc) is 2.91. The first-order chi connectivity index (χ1) is 15.4. The van der Waals surface area contributed by atoms with Crippen molar-refractivity contribution in [3.8, 4) is 0 Å². The van der Waals surface area contributed by atoms with Crippen LogP contribution < -0.4 is 15.5 Å². The topological polar surface area (TPSA) is 122 Å². The predicted molar refractivity (Wildman–Crippen MR) is 121 cm³/mol. The average molecular weight is 429 g/mol. The zero-order valence-electron chi connectivity index (χ0n) is 17.1. The Balaban J connectivity index is 1.94. The highest BCUT2D eigenvalue weighted by Crippen LogP contribution is 2.31. The van der Waals surface area contributed by atoms with Crippen molar-refractivity contribution in [2.24, 2.45) is 10.7 Å². The van der Waals surface area contributed by atoms with E-state index in [4.69, 9.17) is 5.73 Å². The molecule has 0 spiro atoms. The minimum atomic E-state index is -1.36. The second-order valence-corrected chi connectivity index (χ2v) is 7.12. The number of rotatable bonds is 4. The van der Waals surface area contributed by atoms with E-state index in [1.54, 1.807) is 19.2 Å². The number of non-ortho nitro benzene ring substituents is 1. The molecule has 1 unspecified atom stereocenters. The number of nitro benzene ring substituents is 1. The molecule has 4 rings (SSSR count). The number of hydrogen-bond donors (Lipinski definition) is 1. The van der Waals surface area contributed by atoms with Gasteiger partial charge in [0.15, 0.2) is 0 Å².